The summed E-state index contributed by atoms with van der Waals surface area (Å²) in [5.74, 6) is 1.77. The Balaban J connectivity index is 2.45. The van der Waals surface area contributed by atoms with Crippen molar-refractivity contribution in [2.24, 2.45) is 0 Å². The molecule has 0 radical (unpaired) electrons. The first-order valence-corrected chi connectivity index (χ1v) is 7.31. The fraction of sp³-hybridized carbons (Fsp3) is 0.267. The Morgan fingerprint density at radius 2 is 1.89 bits per heavy atom. The highest BCUT2D eigenvalue weighted by Gasteiger charge is 2.11. The molecule has 0 unspecified atom stereocenters. The molecule has 0 aliphatic heterocycles. The number of ether oxygens (including phenoxy) is 1. The zero-order chi connectivity index (χ0) is 14.0. The summed E-state index contributed by atoms with van der Waals surface area (Å²) in [7, 11) is 0. The number of rotatable bonds is 3. The number of alkyl halides is 1. The molecule has 1 heterocycles. The number of pyridine rings is 1. The van der Waals surface area contributed by atoms with Gasteiger partial charge in [-0.1, -0.05) is 22.0 Å². The zero-order valence-electron chi connectivity index (χ0n) is 11.1. The third-order valence-electron chi connectivity index (χ3n) is 2.93. The monoisotopic (exact) mass is 339 g/mol. The lowest BCUT2D eigenvalue weighted by atomic mass is 10.1. The first-order valence-electron chi connectivity index (χ1n) is 5.98. The average molecular weight is 341 g/mol. The Bertz CT molecular complexity index is 613. The number of aromatic nitrogens is 1. The molecule has 1 aromatic carbocycles. The van der Waals surface area contributed by atoms with E-state index in [4.69, 9.17) is 16.3 Å². The first-order chi connectivity index (χ1) is 9.01. The minimum absolute atomic E-state index is 0.390. The molecular formula is C15H15BrClNO. The van der Waals surface area contributed by atoms with Crippen molar-refractivity contribution in [3.63, 3.8) is 0 Å². The Hall–Kier alpha value is -1.06. The van der Waals surface area contributed by atoms with Gasteiger partial charge in [-0.3, -0.25) is 0 Å². The summed E-state index contributed by atoms with van der Waals surface area (Å²) < 4.78 is 6.92. The lowest BCUT2D eigenvalue weighted by Crippen LogP contribution is -1.99. The topological polar surface area (TPSA) is 22.1 Å². The summed E-state index contributed by atoms with van der Waals surface area (Å²) in [6.45, 7) is 5.98. The van der Waals surface area contributed by atoms with E-state index in [1.165, 1.54) is 0 Å². The highest BCUT2D eigenvalue weighted by atomic mass is 79.9. The van der Waals surface area contributed by atoms with Crippen LogP contribution < -0.4 is 4.74 Å². The van der Waals surface area contributed by atoms with Crippen LogP contribution in [0, 0.1) is 20.8 Å². The second-order valence-electron chi connectivity index (χ2n) is 4.51. The number of benzene rings is 1. The van der Waals surface area contributed by atoms with Gasteiger partial charge in [0.05, 0.1) is 5.88 Å². The van der Waals surface area contributed by atoms with E-state index >= 15 is 0 Å². The van der Waals surface area contributed by atoms with Gasteiger partial charge < -0.3 is 4.74 Å². The number of halogens is 2. The minimum Gasteiger partial charge on any atom is -0.438 e. The van der Waals surface area contributed by atoms with Crippen LogP contribution in [0.15, 0.2) is 28.7 Å². The summed E-state index contributed by atoms with van der Waals surface area (Å²) in [6.07, 6.45) is 0. The number of nitrogens with zero attached hydrogens (tertiary/aromatic N) is 1. The molecule has 0 N–H and O–H groups in total. The molecule has 0 saturated heterocycles. The van der Waals surface area contributed by atoms with Crippen molar-refractivity contribution in [1.82, 2.24) is 4.98 Å². The van der Waals surface area contributed by atoms with Gasteiger partial charge in [0.1, 0.15) is 5.75 Å². The molecule has 2 rings (SSSR count). The standard InChI is InChI=1S/C15H15BrClNO/c1-9-4-5-12(16)7-14(9)19-15-13(8-17)10(2)6-11(3)18-15/h4-7H,8H2,1-3H3. The summed E-state index contributed by atoms with van der Waals surface area (Å²) in [5, 5.41) is 0. The molecule has 2 nitrogen and oxygen atoms in total. The maximum absolute atomic E-state index is 6.00. The predicted octanol–water partition coefficient (Wildman–Crippen LogP) is 5.30. The van der Waals surface area contributed by atoms with Gasteiger partial charge in [0, 0.05) is 15.7 Å². The van der Waals surface area contributed by atoms with E-state index in [9.17, 15) is 0 Å². The number of aryl methyl sites for hydroxylation is 3. The van der Waals surface area contributed by atoms with E-state index in [1.807, 2.05) is 45.0 Å². The predicted molar refractivity (Wildman–Crippen MR) is 82.2 cm³/mol. The molecule has 4 heteroatoms. The van der Waals surface area contributed by atoms with E-state index in [2.05, 4.69) is 20.9 Å². The van der Waals surface area contributed by atoms with Gasteiger partial charge >= 0.3 is 0 Å². The Kier molecular flexibility index (Phi) is 4.48. The Morgan fingerprint density at radius 3 is 2.58 bits per heavy atom. The second kappa shape index (κ2) is 5.93. The quantitative estimate of drug-likeness (QED) is 0.707. The third-order valence-corrected chi connectivity index (χ3v) is 3.69. The van der Waals surface area contributed by atoms with E-state index < -0.39 is 0 Å². The molecule has 19 heavy (non-hydrogen) atoms. The fourth-order valence-electron chi connectivity index (χ4n) is 1.86. The largest absolute Gasteiger partial charge is 0.438 e. The lowest BCUT2D eigenvalue weighted by Gasteiger charge is -2.13. The summed E-state index contributed by atoms with van der Waals surface area (Å²) in [5.41, 5.74) is 4.02. The molecule has 1 aromatic heterocycles. The fourth-order valence-corrected chi connectivity index (χ4v) is 2.53. The molecule has 2 aromatic rings. The van der Waals surface area contributed by atoms with Crippen LogP contribution in [0.5, 0.6) is 11.6 Å². The lowest BCUT2D eigenvalue weighted by molar-refractivity contribution is 0.453. The Labute approximate surface area is 126 Å². The number of hydrogen-bond acceptors (Lipinski definition) is 2. The molecule has 100 valence electrons. The molecule has 0 aliphatic carbocycles. The summed E-state index contributed by atoms with van der Waals surface area (Å²) in [4.78, 5) is 4.45. The van der Waals surface area contributed by atoms with Crippen LogP contribution in [0.1, 0.15) is 22.4 Å². The normalized spacial score (nSPS) is 10.6. The van der Waals surface area contributed by atoms with Gasteiger partial charge in [-0.05, 0) is 50.1 Å². The van der Waals surface area contributed by atoms with Crippen molar-refractivity contribution in [1.29, 1.82) is 0 Å². The van der Waals surface area contributed by atoms with Gasteiger partial charge in [-0.2, -0.15) is 0 Å². The van der Waals surface area contributed by atoms with Crippen molar-refractivity contribution in [3.05, 3.63) is 51.1 Å². The molecule has 0 fully saturated rings. The number of hydrogen-bond donors (Lipinski definition) is 0. The molecule has 0 amide bonds. The van der Waals surface area contributed by atoms with Gasteiger partial charge in [0.2, 0.25) is 5.88 Å². The van der Waals surface area contributed by atoms with Crippen molar-refractivity contribution in [3.8, 4) is 11.6 Å². The van der Waals surface area contributed by atoms with Crippen LogP contribution in [0.3, 0.4) is 0 Å². The van der Waals surface area contributed by atoms with Crippen LogP contribution in [-0.2, 0) is 5.88 Å². The van der Waals surface area contributed by atoms with Crippen LogP contribution in [-0.4, -0.2) is 4.98 Å². The molecule has 0 spiro atoms. The first kappa shape index (κ1) is 14.4. The van der Waals surface area contributed by atoms with Crippen molar-refractivity contribution >= 4 is 27.5 Å². The SMILES string of the molecule is Cc1cc(C)c(CCl)c(Oc2cc(Br)ccc2C)n1. The van der Waals surface area contributed by atoms with Crippen LogP contribution in [0.4, 0.5) is 0 Å². The smallest absolute Gasteiger partial charge is 0.224 e. The van der Waals surface area contributed by atoms with Gasteiger partial charge in [-0.25, -0.2) is 4.98 Å². The minimum atomic E-state index is 0.390. The van der Waals surface area contributed by atoms with E-state index in [0.29, 0.717) is 11.8 Å². The van der Waals surface area contributed by atoms with E-state index in [0.717, 1.165) is 32.6 Å². The van der Waals surface area contributed by atoms with E-state index in [1.54, 1.807) is 0 Å². The third kappa shape index (κ3) is 3.28. The average Bonchev–Trinajstić information content (AvgIpc) is 2.33. The van der Waals surface area contributed by atoms with Gasteiger partial charge in [0.15, 0.2) is 0 Å². The van der Waals surface area contributed by atoms with Crippen molar-refractivity contribution in [2.75, 3.05) is 0 Å². The Morgan fingerprint density at radius 1 is 1.16 bits per heavy atom. The molecular weight excluding hydrogens is 326 g/mol. The zero-order valence-corrected chi connectivity index (χ0v) is 13.5. The summed E-state index contributed by atoms with van der Waals surface area (Å²) >= 11 is 9.45. The maximum Gasteiger partial charge on any atom is 0.224 e. The maximum atomic E-state index is 6.00. The van der Waals surface area contributed by atoms with Crippen LogP contribution in [0.25, 0.3) is 0 Å². The molecule has 0 bridgehead atoms. The van der Waals surface area contributed by atoms with E-state index in [-0.39, 0.29) is 0 Å². The van der Waals surface area contributed by atoms with Crippen LogP contribution in [0.2, 0.25) is 0 Å². The van der Waals surface area contributed by atoms with Gasteiger partial charge in [-0.15, -0.1) is 11.6 Å². The second-order valence-corrected chi connectivity index (χ2v) is 5.69. The van der Waals surface area contributed by atoms with Gasteiger partial charge in [0.25, 0.3) is 0 Å². The molecule has 0 aliphatic rings. The summed E-state index contributed by atoms with van der Waals surface area (Å²) in [6, 6.07) is 7.94. The molecule has 0 atom stereocenters. The highest BCUT2D eigenvalue weighted by molar-refractivity contribution is 9.10. The highest BCUT2D eigenvalue weighted by Crippen LogP contribution is 2.31. The molecule has 0 saturated carbocycles. The van der Waals surface area contributed by atoms with Crippen molar-refractivity contribution < 1.29 is 4.74 Å². The van der Waals surface area contributed by atoms with Crippen LogP contribution >= 0.6 is 27.5 Å². The van der Waals surface area contributed by atoms with Crippen molar-refractivity contribution in [2.45, 2.75) is 26.7 Å².